The molecule has 10 N–H and O–H groups in total. The lowest BCUT2D eigenvalue weighted by Gasteiger charge is -2.31. The van der Waals surface area contributed by atoms with Crippen LogP contribution in [0.15, 0.2) is 46.0 Å². The number of pyridine rings is 4. The van der Waals surface area contributed by atoms with Gasteiger partial charge in [0.1, 0.15) is 24.8 Å². The van der Waals surface area contributed by atoms with Gasteiger partial charge in [-0.15, -0.1) is 23.5 Å². The Morgan fingerprint density at radius 1 is 0.559 bits per heavy atom. The number of fused-ring (bicyclic) bond motifs is 10. The third-order valence-corrected chi connectivity index (χ3v) is 22.4. The molecule has 4 aliphatic heterocycles. The molecule has 31 heteroatoms. The maximum Gasteiger partial charge on any atom is 0.343 e. The fourth-order valence-corrected chi connectivity index (χ4v) is 15.0. The van der Waals surface area contributed by atoms with Crippen LogP contribution < -0.4 is 43.4 Å². The monoisotopic (exact) mass is 1580 g/mol. The van der Waals surface area contributed by atoms with Gasteiger partial charge < -0.3 is 66.2 Å². The van der Waals surface area contributed by atoms with Crippen LogP contribution in [-0.2, 0) is 108 Å². The van der Waals surface area contributed by atoms with Gasteiger partial charge >= 0.3 is 17.9 Å². The van der Waals surface area contributed by atoms with Gasteiger partial charge in [0.15, 0.2) is 22.8 Å². The van der Waals surface area contributed by atoms with Gasteiger partial charge in [0, 0.05) is 108 Å². The van der Waals surface area contributed by atoms with E-state index >= 15 is 0 Å². The Balaban J connectivity index is 0.000000232. The van der Waals surface area contributed by atoms with Crippen LogP contribution in [0.3, 0.4) is 0 Å². The van der Waals surface area contributed by atoms with Crippen LogP contribution in [0.25, 0.3) is 44.6 Å². The molecule has 6 aromatic rings. The van der Waals surface area contributed by atoms with Crippen molar-refractivity contribution in [1.82, 2.24) is 45.7 Å². The molecule has 0 radical (unpaired) electrons. The summed E-state index contributed by atoms with van der Waals surface area (Å²) in [5.41, 5.74) is 8.84. The van der Waals surface area contributed by atoms with Crippen molar-refractivity contribution in [1.29, 1.82) is 0 Å². The summed E-state index contributed by atoms with van der Waals surface area (Å²) in [4.78, 5) is 157. The zero-order valence-electron chi connectivity index (χ0n) is 65.0. The van der Waals surface area contributed by atoms with E-state index in [0.29, 0.717) is 86.0 Å². The molecule has 111 heavy (non-hydrogen) atoms. The van der Waals surface area contributed by atoms with Crippen LogP contribution in [0.4, 0.5) is 8.78 Å². The number of aliphatic carboxylic acids is 1. The third kappa shape index (κ3) is 20.3. The maximum atomic E-state index is 14.8. The van der Waals surface area contributed by atoms with E-state index in [9.17, 15) is 76.5 Å². The van der Waals surface area contributed by atoms with E-state index in [1.54, 1.807) is 135 Å². The van der Waals surface area contributed by atoms with Crippen LogP contribution in [-0.4, -0.2) is 129 Å². The van der Waals surface area contributed by atoms with Crippen molar-refractivity contribution in [3.05, 3.63) is 124 Å². The third-order valence-electron chi connectivity index (χ3n) is 20.5. The quantitative estimate of drug-likeness (QED) is 0.0106. The van der Waals surface area contributed by atoms with Gasteiger partial charge in [-0.2, -0.15) is 0 Å². The van der Waals surface area contributed by atoms with E-state index < -0.39 is 64.4 Å². The fraction of sp³-hybridized carbons (Fsp3) is 0.525. The number of aromatic nitrogens is 4. The maximum absolute atomic E-state index is 14.8. The Morgan fingerprint density at radius 3 is 1.36 bits per heavy atom. The lowest BCUT2D eigenvalue weighted by Crippen LogP contribution is -2.44. The lowest BCUT2D eigenvalue weighted by atomic mass is 9.86. The largest absolute Gasteiger partial charge is 0.481 e. The van der Waals surface area contributed by atoms with Crippen LogP contribution in [0.5, 0.6) is 0 Å². The number of thioether (sulfide) groups is 2. The van der Waals surface area contributed by atoms with Gasteiger partial charge in [-0.25, -0.2) is 28.3 Å². The molecule has 600 valence electrons. The number of ketones is 2. The number of unbranched alkanes of at least 4 members (excludes halogenated alkanes) is 4. The summed E-state index contributed by atoms with van der Waals surface area (Å²) in [5, 5.41) is 46.0. The molecule has 0 fully saturated rings. The predicted octanol–water partition coefficient (Wildman–Crippen LogP) is 8.45. The molecular weight excluding hydrogens is 1480 g/mol. The SMILES string of the molecule is CC(C)C(=O)N[C@H](C)C(=O)C[C@@H](C)C(=O)NCSCCCCCC(=O)O.CC[C@@]1(O)C(=O)OCc2c1cc1n(c2=O)Cc2c-1nc1cc(F)c(C)cc1c2CN.CC[C@@]1(O)C(=O)OCc2c1cc1n(c2=O)Cc2c-1nc1cc(F)c(C)cc1c2CNC(=O)CCCCCSCNC(=O)[C@H](C)CC(=O)[C@@H](C)NC(=O)C(C)C. The number of aryl methyl sites for hydroxylation is 2. The molecule has 4 aromatic heterocycles. The average molecular weight is 1580 g/mol. The number of hydrogen-bond donors (Lipinski definition) is 9. The number of nitrogens with zero attached hydrogens (tertiary/aromatic N) is 4. The minimum Gasteiger partial charge on any atom is -0.481 e. The van der Waals surface area contributed by atoms with Crippen molar-refractivity contribution in [2.24, 2.45) is 29.4 Å². The van der Waals surface area contributed by atoms with Gasteiger partial charge in [0.25, 0.3) is 11.1 Å². The highest BCUT2D eigenvalue weighted by Crippen LogP contribution is 2.43. The molecule has 27 nitrogen and oxygen atoms in total. The lowest BCUT2D eigenvalue weighted by molar-refractivity contribution is -0.172. The molecule has 10 rings (SSSR count). The Labute approximate surface area is 650 Å². The number of amides is 5. The Kier molecular flexibility index (Phi) is 30.1. The molecule has 6 atom stereocenters. The molecule has 8 heterocycles. The number of carboxylic acid groups (broad SMARTS) is 1. The molecule has 0 bridgehead atoms. The normalized spacial score (nSPS) is 16.7. The number of Topliss-reactive ketones (excluding diaryl/α,β-unsaturated/α-hetero) is 2. The topological polar surface area (TPSA) is 406 Å². The zero-order chi connectivity index (χ0) is 81.7. The van der Waals surface area contributed by atoms with Gasteiger partial charge in [0.05, 0.1) is 81.9 Å². The number of aliphatic hydroxyl groups is 2. The first-order valence-electron chi connectivity index (χ1n) is 37.6. The molecule has 4 aliphatic rings. The number of carbonyl (C=O) groups is 10. The summed E-state index contributed by atoms with van der Waals surface area (Å²) in [7, 11) is 0. The second-order valence-corrected chi connectivity index (χ2v) is 31.6. The van der Waals surface area contributed by atoms with E-state index in [0.717, 1.165) is 53.7 Å². The van der Waals surface area contributed by atoms with Crippen LogP contribution in [0, 0.1) is 49.2 Å². The number of cyclic esters (lactones) is 2. The fourth-order valence-electron chi connectivity index (χ4n) is 13.4. The Bertz CT molecular complexity index is 4740. The van der Waals surface area contributed by atoms with Crippen molar-refractivity contribution in [3.8, 4) is 22.8 Å². The van der Waals surface area contributed by atoms with Crippen molar-refractivity contribution in [3.63, 3.8) is 0 Å². The summed E-state index contributed by atoms with van der Waals surface area (Å²) < 4.78 is 42.3. The molecular formula is C80H102F2N10O17S2. The van der Waals surface area contributed by atoms with E-state index in [4.69, 9.17) is 25.3 Å². The minimum atomic E-state index is -1.98. The molecule has 0 saturated heterocycles. The van der Waals surface area contributed by atoms with Gasteiger partial charge in [-0.05, 0) is 124 Å². The number of halogens is 2. The van der Waals surface area contributed by atoms with Crippen molar-refractivity contribution in [2.75, 3.05) is 23.3 Å². The summed E-state index contributed by atoms with van der Waals surface area (Å²) in [6.45, 7) is 20.5. The van der Waals surface area contributed by atoms with E-state index in [-0.39, 0.29) is 164 Å². The smallest absolute Gasteiger partial charge is 0.343 e. The average Bonchev–Trinajstić information content (AvgIpc) is 1.57. The number of carbonyl (C=O) groups excluding carboxylic acids is 9. The Hall–Kier alpha value is -9.30. The summed E-state index contributed by atoms with van der Waals surface area (Å²) in [5.74, 6) is -3.38. The highest BCUT2D eigenvalue weighted by molar-refractivity contribution is 7.99. The molecule has 2 aromatic carbocycles. The number of hydrogen-bond acceptors (Lipinski definition) is 21. The predicted molar refractivity (Wildman–Crippen MR) is 416 cm³/mol. The number of carboxylic acids is 1. The van der Waals surface area contributed by atoms with Gasteiger partial charge in [-0.3, -0.25) is 47.9 Å². The second kappa shape index (κ2) is 38.3. The summed E-state index contributed by atoms with van der Waals surface area (Å²) in [6.07, 6.45) is 5.41. The highest BCUT2D eigenvalue weighted by Gasteiger charge is 2.47. The molecule has 0 aliphatic carbocycles. The summed E-state index contributed by atoms with van der Waals surface area (Å²) >= 11 is 3.13. The van der Waals surface area contributed by atoms with E-state index in [1.165, 1.54) is 16.7 Å². The van der Waals surface area contributed by atoms with E-state index in [2.05, 4.69) is 31.6 Å². The van der Waals surface area contributed by atoms with Gasteiger partial charge in [-0.1, -0.05) is 68.2 Å². The Morgan fingerprint density at radius 2 is 0.964 bits per heavy atom. The number of esters is 2. The van der Waals surface area contributed by atoms with E-state index in [1.807, 2.05) is 0 Å². The van der Waals surface area contributed by atoms with Gasteiger partial charge in [0.2, 0.25) is 29.5 Å². The summed E-state index contributed by atoms with van der Waals surface area (Å²) in [6, 6.07) is 8.10. The highest BCUT2D eigenvalue weighted by atomic mass is 32.2. The minimum absolute atomic E-state index is 0.00488. The van der Waals surface area contributed by atoms with Crippen molar-refractivity contribution >= 4 is 104 Å². The van der Waals surface area contributed by atoms with Crippen molar-refractivity contribution in [2.45, 2.75) is 223 Å². The standard InChI is InChI=1S/C40H50FN5O8S.C22H20FN3O4.C18H32N2O5S/c1-7-40(53)29-15-32-35-27(18-46(32)38(51)28(29)19-54-39(40)52)26(25-13-22(4)30(41)16-31(25)45-35)17-42-34(48)11-9-8-10-12-55-20-43-37(50)23(5)14-33(47)24(6)44-36(49)21(2)3;1-3-22(29)15-5-18-19-13(8-26(18)20(27)14(15)9-30-21(22)28)12(7-24)11-4-10(2)16(23)6-17(11)25-19;1-12(2)17(24)20-14(4)15(21)10-13(3)18(25)19-11-26-9-7-5-6-8-16(22)23/h13,15-16,21,23-24,53H,7-12,14,17-20H2,1-6H3,(H,42,48)(H,43,50)(H,44,49);4-6,29H,3,7-9,24H2,1-2H3;12-14H,5-11H2,1-4H3,(H,19,25)(H,20,24)(H,22,23)/t23-,24-,40+;22-;13-,14-/m101/s1. The van der Waals surface area contributed by atoms with Crippen molar-refractivity contribution < 1.29 is 81.5 Å². The number of nitrogens with two attached hydrogens (primary N) is 1. The first-order chi connectivity index (χ1) is 52.5. The first kappa shape index (κ1) is 87.3. The van der Waals surface area contributed by atoms with Crippen LogP contribution in [0.1, 0.15) is 202 Å². The molecule has 0 unspecified atom stereocenters. The molecule has 5 amide bonds. The van der Waals surface area contributed by atoms with Crippen LogP contribution >= 0.6 is 23.5 Å². The number of benzene rings is 2. The zero-order valence-corrected chi connectivity index (χ0v) is 66.6. The number of nitrogens with one attached hydrogen (secondary N) is 5. The molecule has 0 saturated carbocycles. The first-order valence-corrected chi connectivity index (χ1v) is 40.0. The number of ether oxygens (including phenoxy) is 2. The number of rotatable bonds is 33. The van der Waals surface area contributed by atoms with Crippen LogP contribution in [0.2, 0.25) is 0 Å². The second-order valence-electron chi connectivity index (χ2n) is 29.4. The molecule has 0 spiro atoms.